The Morgan fingerprint density at radius 2 is 1.06 bits per heavy atom. The van der Waals surface area contributed by atoms with Gasteiger partial charge in [-0.3, -0.25) is 0 Å². The molecule has 0 saturated carbocycles. The molecule has 0 N–H and O–H groups in total. The molecule has 0 unspecified atom stereocenters. The Balaban J connectivity index is 1.47. The molecular formula is C30H47BrN4+2. The van der Waals surface area contributed by atoms with Gasteiger partial charge in [0.05, 0.1) is 13.1 Å². The van der Waals surface area contributed by atoms with Crippen LogP contribution in [0.2, 0.25) is 0 Å². The van der Waals surface area contributed by atoms with Crippen molar-refractivity contribution in [3.63, 3.8) is 0 Å². The molecule has 3 rings (SSSR count). The molecule has 192 valence electrons. The molecule has 2 heterocycles. The summed E-state index contributed by atoms with van der Waals surface area (Å²) in [6, 6.07) is 6.66. The summed E-state index contributed by atoms with van der Waals surface area (Å²) in [5, 5.41) is 0. The normalized spacial score (nSPS) is 11.4. The lowest BCUT2D eigenvalue weighted by atomic mass is 10.1. The van der Waals surface area contributed by atoms with E-state index in [1.165, 1.54) is 92.6 Å². The fourth-order valence-electron chi connectivity index (χ4n) is 4.75. The van der Waals surface area contributed by atoms with Crippen LogP contribution in [0.25, 0.3) is 0 Å². The van der Waals surface area contributed by atoms with E-state index in [0.29, 0.717) is 0 Å². The van der Waals surface area contributed by atoms with E-state index < -0.39 is 0 Å². The average Bonchev–Trinajstić information content (AvgIpc) is 3.50. The lowest BCUT2D eigenvalue weighted by Crippen LogP contribution is -2.33. The minimum Gasteiger partial charge on any atom is -0.237 e. The first kappa shape index (κ1) is 27.7. The van der Waals surface area contributed by atoms with Gasteiger partial charge in [-0.2, -0.15) is 0 Å². The van der Waals surface area contributed by atoms with E-state index >= 15 is 0 Å². The minimum absolute atomic E-state index is 0.891. The summed E-state index contributed by atoms with van der Waals surface area (Å²) in [7, 11) is 0. The lowest BCUT2D eigenvalue weighted by molar-refractivity contribution is -0.689. The number of nitrogens with zero attached hydrogens (tertiary/aromatic N) is 4. The van der Waals surface area contributed by atoms with Crippen molar-refractivity contribution in [1.82, 2.24) is 9.13 Å². The molecule has 0 aliphatic heterocycles. The molecule has 3 aromatic rings. The first-order chi connectivity index (χ1) is 17.2. The SMILES string of the molecule is CCCCCCCCn1cc[n+](Cc2cccc(C[n+]3ccn(CCCCCCCC)c3)c2Br)c1. The molecule has 1 aromatic carbocycles. The lowest BCUT2D eigenvalue weighted by Gasteiger charge is -2.07. The predicted molar refractivity (Wildman–Crippen MR) is 148 cm³/mol. The van der Waals surface area contributed by atoms with Crippen molar-refractivity contribution in [2.45, 2.75) is 117 Å². The van der Waals surface area contributed by atoms with Crippen LogP contribution < -0.4 is 9.13 Å². The zero-order chi connectivity index (χ0) is 24.7. The standard InChI is InChI=1S/C30H47BrN4/c1-3-5-7-9-11-13-18-32-20-22-34(26-32)24-28-16-15-17-29(30(28)31)25-35-23-21-33(27-35)19-14-12-10-8-6-4-2/h15-17,20-23,26-27H,3-14,18-19,24-25H2,1-2H3/q+2. The van der Waals surface area contributed by atoms with E-state index in [-0.39, 0.29) is 0 Å². The Kier molecular flexibility index (Phi) is 12.6. The first-order valence-electron chi connectivity index (χ1n) is 14.1. The Labute approximate surface area is 222 Å². The Bertz CT molecular complexity index is 900. The number of aryl methyl sites for hydroxylation is 2. The molecule has 0 aliphatic carbocycles. The Hall–Kier alpha value is -1.88. The monoisotopic (exact) mass is 542 g/mol. The highest BCUT2D eigenvalue weighted by Gasteiger charge is 2.13. The molecule has 0 spiro atoms. The van der Waals surface area contributed by atoms with Crippen LogP contribution in [0.3, 0.4) is 0 Å². The van der Waals surface area contributed by atoms with E-state index in [2.05, 4.69) is 104 Å². The maximum absolute atomic E-state index is 3.91. The predicted octanol–water partition coefficient (Wildman–Crippen LogP) is 7.44. The number of halogens is 1. The summed E-state index contributed by atoms with van der Waals surface area (Å²) in [4.78, 5) is 0. The molecule has 0 saturated heterocycles. The number of aromatic nitrogens is 4. The molecule has 4 nitrogen and oxygen atoms in total. The summed E-state index contributed by atoms with van der Waals surface area (Å²) < 4.78 is 10.5. The van der Waals surface area contributed by atoms with Gasteiger partial charge in [-0.1, -0.05) is 83.4 Å². The zero-order valence-corrected chi connectivity index (χ0v) is 23.8. The number of hydrogen-bond donors (Lipinski definition) is 0. The van der Waals surface area contributed by atoms with Crippen molar-refractivity contribution < 1.29 is 9.13 Å². The first-order valence-corrected chi connectivity index (χ1v) is 14.8. The van der Waals surface area contributed by atoms with Crippen LogP contribution in [0.1, 0.15) is 102 Å². The van der Waals surface area contributed by atoms with Gasteiger partial charge in [0.2, 0.25) is 12.7 Å². The Morgan fingerprint density at radius 3 is 1.51 bits per heavy atom. The van der Waals surface area contributed by atoms with Gasteiger partial charge < -0.3 is 0 Å². The van der Waals surface area contributed by atoms with Gasteiger partial charge in [0.25, 0.3) is 0 Å². The fourth-order valence-corrected chi connectivity index (χ4v) is 5.26. The number of imidazole rings is 2. The van der Waals surface area contributed by atoms with Crippen molar-refractivity contribution in [1.29, 1.82) is 0 Å². The van der Waals surface area contributed by atoms with Crippen LogP contribution in [0.5, 0.6) is 0 Å². The fraction of sp³-hybridized carbons (Fsp3) is 0.600. The maximum Gasteiger partial charge on any atom is 0.244 e. The van der Waals surface area contributed by atoms with Gasteiger partial charge in [0.1, 0.15) is 37.9 Å². The molecule has 5 heteroatoms. The topological polar surface area (TPSA) is 17.6 Å². The van der Waals surface area contributed by atoms with Gasteiger partial charge >= 0.3 is 0 Å². The highest BCUT2D eigenvalue weighted by Crippen LogP contribution is 2.22. The summed E-state index contributed by atoms with van der Waals surface area (Å²) >= 11 is 3.91. The summed E-state index contributed by atoms with van der Waals surface area (Å²) in [5.41, 5.74) is 2.66. The molecule has 0 aliphatic rings. The summed E-state index contributed by atoms with van der Waals surface area (Å²) in [5.74, 6) is 0. The van der Waals surface area contributed by atoms with Gasteiger partial charge in [0.15, 0.2) is 0 Å². The average molecular weight is 544 g/mol. The third kappa shape index (κ3) is 9.95. The van der Waals surface area contributed by atoms with Crippen LogP contribution in [-0.4, -0.2) is 9.13 Å². The van der Waals surface area contributed by atoms with Crippen molar-refractivity contribution >= 4 is 15.9 Å². The van der Waals surface area contributed by atoms with E-state index in [1.54, 1.807) is 0 Å². The van der Waals surface area contributed by atoms with E-state index in [1.807, 2.05) is 0 Å². The summed E-state index contributed by atoms with van der Waals surface area (Å²) in [6.07, 6.45) is 29.5. The molecule has 0 amide bonds. The van der Waals surface area contributed by atoms with E-state index in [9.17, 15) is 0 Å². The molecule has 0 fully saturated rings. The second-order valence-corrected chi connectivity index (χ2v) is 10.9. The van der Waals surface area contributed by atoms with E-state index in [4.69, 9.17) is 0 Å². The maximum atomic E-state index is 3.91. The van der Waals surface area contributed by atoms with Crippen molar-refractivity contribution in [3.05, 3.63) is 71.2 Å². The van der Waals surface area contributed by atoms with Crippen LogP contribution in [-0.2, 0) is 26.2 Å². The molecule has 0 bridgehead atoms. The van der Waals surface area contributed by atoms with Gasteiger partial charge in [-0.15, -0.1) is 0 Å². The summed E-state index contributed by atoms with van der Waals surface area (Å²) in [6.45, 7) is 8.57. The number of unbranched alkanes of at least 4 members (excludes halogenated alkanes) is 10. The number of hydrogen-bond acceptors (Lipinski definition) is 0. The molecule has 2 aromatic heterocycles. The van der Waals surface area contributed by atoms with Gasteiger partial charge in [-0.05, 0) is 41.6 Å². The second-order valence-electron chi connectivity index (χ2n) is 10.1. The third-order valence-electron chi connectivity index (χ3n) is 6.90. The number of benzene rings is 1. The van der Waals surface area contributed by atoms with Crippen LogP contribution in [0.4, 0.5) is 0 Å². The third-order valence-corrected chi connectivity index (χ3v) is 7.92. The smallest absolute Gasteiger partial charge is 0.237 e. The van der Waals surface area contributed by atoms with Crippen LogP contribution >= 0.6 is 15.9 Å². The second kappa shape index (κ2) is 16.0. The van der Waals surface area contributed by atoms with Gasteiger partial charge in [0, 0.05) is 15.6 Å². The molecular weight excluding hydrogens is 496 g/mol. The van der Waals surface area contributed by atoms with Crippen molar-refractivity contribution in [3.8, 4) is 0 Å². The van der Waals surface area contributed by atoms with Crippen molar-refractivity contribution in [2.75, 3.05) is 0 Å². The van der Waals surface area contributed by atoms with Crippen LogP contribution in [0, 0.1) is 0 Å². The van der Waals surface area contributed by atoms with E-state index in [0.717, 1.165) is 26.2 Å². The van der Waals surface area contributed by atoms with Crippen LogP contribution in [0.15, 0.2) is 60.1 Å². The largest absolute Gasteiger partial charge is 0.244 e. The minimum atomic E-state index is 0.891. The molecule has 35 heavy (non-hydrogen) atoms. The quantitative estimate of drug-likeness (QED) is 0.117. The highest BCUT2D eigenvalue weighted by atomic mass is 79.9. The van der Waals surface area contributed by atoms with Crippen molar-refractivity contribution in [2.24, 2.45) is 0 Å². The molecule has 0 radical (unpaired) electrons. The Morgan fingerprint density at radius 1 is 0.629 bits per heavy atom. The number of rotatable bonds is 18. The highest BCUT2D eigenvalue weighted by molar-refractivity contribution is 9.10. The molecule has 0 atom stereocenters. The van der Waals surface area contributed by atoms with Gasteiger partial charge in [-0.25, -0.2) is 18.3 Å². The zero-order valence-electron chi connectivity index (χ0n) is 22.2.